The molecule has 3 heterocycles. The quantitative estimate of drug-likeness (QED) is 0.713. The van der Waals surface area contributed by atoms with Crippen LogP contribution < -0.4 is 9.64 Å². The lowest BCUT2D eigenvalue weighted by atomic mass is 9.89. The van der Waals surface area contributed by atoms with Gasteiger partial charge in [0.15, 0.2) is 12.4 Å². The minimum atomic E-state index is -1.00. The van der Waals surface area contributed by atoms with Crippen molar-refractivity contribution in [3.8, 4) is 5.75 Å². The molecule has 0 bridgehead atoms. The van der Waals surface area contributed by atoms with E-state index < -0.39 is 11.2 Å². The Bertz CT molecular complexity index is 874. The Morgan fingerprint density at radius 2 is 1.93 bits per heavy atom. The van der Waals surface area contributed by atoms with Gasteiger partial charge in [-0.3, -0.25) is 9.69 Å². The fourth-order valence-corrected chi connectivity index (χ4v) is 3.67. The highest BCUT2D eigenvalue weighted by atomic mass is 16.7. The monoisotopic (exact) mass is 384 g/mol. The largest absolute Gasteiger partial charge is 0.466 e. The van der Waals surface area contributed by atoms with Gasteiger partial charge in [0.05, 0.1) is 12.2 Å². The summed E-state index contributed by atoms with van der Waals surface area (Å²) >= 11 is 0. The molecule has 0 spiro atoms. The lowest BCUT2D eigenvalue weighted by Crippen LogP contribution is -2.48. The molecule has 1 aromatic carbocycles. The molecule has 0 unspecified atom stereocenters. The van der Waals surface area contributed by atoms with Crippen molar-refractivity contribution in [3.05, 3.63) is 53.7 Å². The van der Waals surface area contributed by atoms with Gasteiger partial charge in [-0.1, -0.05) is 30.3 Å². The first-order valence-corrected chi connectivity index (χ1v) is 9.22. The number of anilines is 1. The van der Waals surface area contributed by atoms with E-state index in [-0.39, 0.29) is 19.5 Å². The Kier molecular flexibility index (Phi) is 4.82. The van der Waals surface area contributed by atoms with Gasteiger partial charge in [-0.2, -0.15) is 0 Å². The normalized spacial score (nSPS) is 26.5. The summed E-state index contributed by atoms with van der Waals surface area (Å²) in [6.45, 7) is 4.33. The number of rotatable bonds is 6. The van der Waals surface area contributed by atoms with Crippen LogP contribution in [0.15, 0.2) is 42.5 Å². The van der Waals surface area contributed by atoms with Crippen LogP contribution in [0.3, 0.4) is 0 Å². The molecule has 148 valence electrons. The van der Waals surface area contributed by atoms with Crippen LogP contribution in [0.4, 0.5) is 5.82 Å². The van der Waals surface area contributed by atoms with E-state index in [4.69, 9.17) is 23.9 Å². The van der Waals surface area contributed by atoms with Gasteiger partial charge in [0, 0.05) is 13.5 Å². The summed E-state index contributed by atoms with van der Waals surface area (Å²) in [6, 6.07) is 13.6. The van der Waals surface area contributed by atoms with Crippen LogP contribution in [-0.4, -0.2) is 49.3 Å². The lowest BCUT2D eigenvalue weighted by Gasteiger charge is -2.26. The fraction of sp³-hybridized carbons (Fsp3) is 0.429. The Labute approximate surface area is 164 Å². The zero-order chi connectivity index (χ0) is 19.8. The number of carbonyl (C=O) groups excluding carboxylic acids is 1. The minimum Gasteiger partial charge on any atom is -0.466 e. The maximum atomic E-state index is 13.1. The molecule has 4 rings (SSSR count). The van der Waals surface area contributed by atoms with E-state index in [0.29, 0.717) is 24.5 Å². The average molecular weight is 384 g/mol. The van der Waals surface area contributed by atoms with E-state index in [1.54, 1.807) is 25.0 Å². The molecule has 1 amide bonds. The van der Waals surface area contributed by atoms with Crippen molar-refractivity contribution >= 4 is 11.7 Å². The standard InChI is InChI=1S/C21H24N2O5/c1-20-12-23(19(24)21(20,2)28-14-27-20)18-10-9-17(26-13-25-3)16(22-18)11-15-7-5-4-6-8-15/h4-10H,11-14H2,1-3H3/t20-,21+/m1/s1. The zero-order valence-electron chi connectivity index (χ0n) is 16.3. The average Bonchev–Trinajstić information content (AvgIpc) is 3.10. The topological polar surface area (TPSA) is 70.1 Å². The summed E-state index contributed by atoms with van der Waals surface area (Å²) in [4.78, 5) is 19.5. The van der Waals surface area contributed by atoms with Gasteiger partial charge >= 0.3 is 0 Å². The third-order valence-electron chi connectivity index (χ3n) is 5.59. The number of aromatic nitrogens is 1. The molecule has 28 heavy (non-hydrogen) atoms. The molecule has 7 heteroatoms. The predicted molar refractivity (Wildman–Crippen MR) is 102 cm³/mol. The number of pyridine rings is 1. The van der Waals surface area contributed by atoms with E-state index in [1.165, 1.54) is 0 Å². The number of ether oxygens (including phenoxy) is 4. The Balaban J connectivity index is 1.67. The number of benzene rings is 1. The van der Waals surface area contributed by atoms with Crippen LogP contribution in [0.25, 0.3) is 0 Å². The number of amides is 1. The number of fused-ring (bicyclic) bond motifs is 1. The first-order valence-electron chi connectivity index (χ1n) is 9.22. The van der Waals surface area contributed by atoms with Crippen LogP contribution >= 0.6 is 0 Å². The summed E-state index contributed by atoms with van der Waals surface area (Å²) in [5.74, 6) is 1.05. The molecule has 0 N–H and O–H groups in total. The summed E-state index contributed by atoms with van der Waals surface area (Å²) in [5, 5.41) is 0. The third kappa shape index (κ3) is 3.05. The predicted octanol–water partition coefficient (Wildman–Crippen LogP) is 2.52. The second-order valence-electron chi connectivity index (χ2n) is 7.39. The van der Waals surface area contributed by atoms with Crippen molar-refractivity contribution in [1.82, 2.24) is 4.98 Å². The zero-order valence-corrected chi connectivity index (χ0v) is 16.3. The van der Waals surface area contributed by atoms with Gasteiger partial charge in [0.1, 0.15) is 24.0 Å². The molecular formula is C21H24N2O5. The van der Waals surface area contributed by atoms with Crippen LogP contribution in [0.1, 0.15) is 25.1 Å². The van der Waals surface area contributed by atoms with E-state index in [0.717, 1.165) is 11.3 Å². The molecule has 0 aliphatic carbocycles. The van der Waals surface area contributed by atoms with Crippen LogP contribution in [-0.2, 0) is 25.4 Å². The number of hydrogen-bond acceptors (Lipinski definition) is 6. The van der Waals surface area contributed by atoms with E-state index in [9.17, 15) is 4.79 Å². The Hall–Kier alpha value is -2.48. The van der Waals surface area contributed by atoms with Gasteiger partial charge in [0.25, 0.3) is 5.91 Å². The summed E-state index contributed by atoms with van der Waals surface area (Å²) in [7, 11) is 1.57. The van der Waals surface area contributed by atoms with Crippen LogP contribution in [0.2, 0.25) is 0 Å². The Morgan fingerprint density at radius 3 is 2.64 bits per heavy atom. The van der Waals surface area contributed by atoms with Crippen LogP contribution in [0.5, 0.6) is 5.75 Å². The van der Waals surface area contributed by atoms with Crippen molar-refractivity contribution in [3.63, 3.8) is 0 Å². The highest BCUT2D eigenvalue weighted by molar-refractivity contribution is 6.03. The molecular weight excluding hydrogens is 360 g/mol. The van der Waals surface area contributed by atoms with Gasteiger partial charge < -0.3 is 18.9 Å². The maximum absolute atomic E-state index is 13.1. The molecule has 0 radical (unpaired) electrons. The Morgan fingerprint density at radius 1 is 1.14 bits per heavy atom. The molecule has 2 atom stereocenters. The van der Waals surface area contributed by atoms with E-state index in [2.05, 4.69) is 0 Å². The number of nitrogens with zero attached hydrogens (tertiary/aromatic N) is 2. The SMILES string of the molecule is COCOc1ccc(N2C[C@@]3(C)OCO[C@@]3(C)C2=O)nc1Cc1ccccc1. The van der Waals surface area contributed by atoms with Crippen molar-refractivity contribution in [2.75, 3.05) is 32.1 Å². The van der Waals surface area contributed by atoms with Gasteiger partial charge in [-0.25, -0.2) is 4.98 Å². The van der Waals surface area contributed by atoms with Crippen molar-refractivity contribution in [2.45, 2.75) is 31.5 Å². The maximum Gasteiger partial charge on any atom is 0.263 e. The van der Waals surface area contributed by atoms with Gasteiger partial charge in [0.2, 0.25) is 0 Å². The first-order chi connectivity index (χ1) is 13.5. The summed E-state index contributed by atoms with van der Waals surface area (Å²) < 4.78 is 22.1. The molecule has 2 fully saturated rings. The molecule has 1 aromatic heterocycles. The number of hydrogen-bond donors (Lipinski definition) is 0. The molecule has 2 saturated heterocycles. The van der Waals surface area contributed by atoms with Crippen molar-refractivity contribution < 1.29 is 23.7 Å². The van der Waals surface area contributed by atoms with Gasteiger partial charge in [-0.15, -0.1) is 0 Å². The highest BCUT2D eigenvalue weighted by Crippen LogP contribution is 2.44. The van der Waals surface area contributed by atoms with Crippen molar-refractivity contribution in [1.29, 1.82) is 0 Å². The number of methoxy groups -OCH3 is 1. The molecule has 7 nitrogen and oxygen atoms in total. The fourth-order valence-electron chi connectivity index (χ4n) is 3.67. The van der Waals surface area contributed by atoms with E-state index in [1.807, 2.05) is 43.3 Å². The second-order valence-corrected chi connectivity index (χ2v) is 7.39. The second kappa shape index (κ2) is 7.16. The van der Waals surface area contributed by atoms with Crippen LogP contribution in [0, 0.1) is 0 Å². The molecule has 2 aliphatic heterocycles. The summed E-state index contributed by atoms with van der Waals surface area (Å²) in [6.07, 6.45) is 0.581. The molecule has 2 aromatic rings. The number of carbonyl (C=O) groups is 1. The smallest absolute Gasteiger partial charge is 0.263 e. The summed E-state index contributed by atoms with van der Waals surface area (Å²) in [5.41, 5.74) is 0.142. The lowest BCUT2D eigenvalue weighted by molar-refractivity contribution is -0.135. The molecule has 0 saturated carbocycles. The first kappa shape index (κ1) is 18.9. The highest BCUT2D eigenvalue weighted by Gasteiger charge is 2.64. The van der Waals surface area contributed by atoms with E-state index >= 15 is 0 Å². The molecule has 2 aliphatic rings. The third-order valence-corrected chi connectivity index (χ3v) is 5.59. The van der Waals surface area contributed by atoms with Crippen molar-refractivity contribution in [2.24, 2.45) is 0 Å². The minimum absolute atomic E-state index is 0.128. The van der Waals surface area contributed by atoms with Gasteiger partial charge in [-0.05, 0) is 31.5 Å².